The van der Waals surface area contributed by atoms with Gasteiger partial charge in [-0.3, -0.25) is 0 Å². The van der Waals surface area contributed by atoms with Crippen molar-refractivity contribution < 1.29 is 0 Å². The zero-order valence-electron chi connectivity index (χ0n) is 5.89. The third kappa shape index (κ3) is 11.8. The molecule has 0 amide bonds. The fourth-order valence-electron chi connectivity index (χ4n) is 0.330. The predicted octanol–water partition coefficient (Wildman–Crippen LogP) is 1.38. The van der Waals surface area contributed by atoms with Crippen molar-refractivity contribution in [3.8, 4) is 0 Å². The monoisotopic (exact) mass is 260 g/mol. The topological polar surface area (TPSA) is 49.9 Å². The second-order valence-electron chi connectivity index (χ2n) is 2.58. The van der Waals surface area contributed by atoms with E-state index in [-0.39, 0.29) is 36.3 Å². The number of hydrogen-bond acceptors (Lipinski definition) is 1. The number of halogens is 1. The van der Waals surface area contributed by atoms with Crippen molar-refractivity contribution in [2.75, 3.05) is 0 Å². The van der Waals surface area contributed by atoms with Crippen molar-refractivity contribution in [2.24, 2.45) is 5.73 Å². The van der Waals surface area contributed by atoms with Crippen LogP contribution >= 0.6 is 17.0 Å². The minimum atomic E-state index is 0. The first-order valence-electron chi connectivity index (χ1n) is 2.45. The van der Waals surface area contributed by atoms with Crippen molar-refractivity contribution in [2.45, 2.75) is 25.1 Å². The van der Waals surface area contributed by atoms with Crippen molar-refractivity contribution in [1.29, 1.82) is 5.41 Å². The van der Waals surface area contributed by atoms with E-state index in [1.807, 2.05) is 0 Å². The summed E-state index contributed by atoms with van der Waals surface area (Å²) in [6, 6.07) is 0. The Hall–Kier alpha value is 0.469. The molecule has 2 nitrogen and oxygen atoms in total. The maximum atomic E-state index is 6.96. The molecule has 0 radical (unpaired) electrons. The molecule has 0 aliphatic heterocycles. The quantitative estimate of drug-likeness (QED) is 0.417. The van der Waals surface area contributed by atoms with Crippen LogP contribution in [0, 0.1) is 5.41 Å². The zero-order valence-corrected chi connectivity index (χ0v) is 9.32. The summed E-state index contributed by atoms with van der Waals surface area (Å²) >= 11 is 0.174. The fraction of sp³-hybridized carbons (Fsp3) is 0.800. The van der Waals surface area contributed by atoms with Crippen molar-refractivity contribution >= 4 is 36.7 Å². The van der Waals surface area contributed by atoms with Crippen LogP contribution in [0.5, 0.6) is 0 Å². The first kappa shape index (κ1) is 12.2. The van der Waals surface area contributed by atoms with E-state index in [4.69, 9.17) is 11.1 Å². The summed E-state index contributed by atoms with van der Waals surface area (Å²) in [7, 11) is 0. The number of nitrogens with one attached hydrogen (secondary N) is 1. The molecule has 0 saturated carbocycles. The first-order chi connectivity index (χ1) is 3.42. The zero-order chi connectivity index (χ0) is 6.78. The Balaban J connectivity index is 0. The van der Waals surface area contributed by atoms with E-state index in [1.54, 1.807) is 0 Å². The summed E-state index contributed by atoms with van der Waals surface area (Å²) in [6.07, 6.45) is 0. The van der Waals surface area contributed by atoms with Crippen LogP contribution in [0.4, 0.5) is 0 Å². The van der Waals surface area contributed by atoms with Crippen LogP contribution in [-0.4, -0.2) is 19.7 Å². The van der Waals surface area contributed by atoms with Crippen LogP contribution < -0.4 is 5.73 Å². The number of hydrogen-bond donors (Lipinski definition) is 2. The summed E-state index contributed by atoms with van der Waals surface area (Å²) in [6.45, 7) is 6.28. The molecule has 0 aromatic rings. The molecule has 0 spiro atoms. The molecule has 0 saturated heterocycles. The third-order valence-corrected chi connectivity index (χ3v) is 2.16. The summed E-state index contributed by atoms with van der Waals surface area (Å²) in [5.41, 5.74) is 5.19. The van der Waals surface area contributed by atoms with Gasteiger partial charge in [0, 0.05) is 0 Å². The SMILES string of the molecule is Br.CC(C)(C)[Se]C(=N)N. The Morgan fingerprint density at radius 3 is 1.78 bits per heavy atom. The molecule has 3 N–H and O–H groups in total. The molecule has 0 unspecified atom stereocenters. The van der Waals surface area contributed by atoms with Gasteiger partial charge in [0.2, 0.25) is 0 Å². The Labute approximate surface area is 73.0 Å². The normalized spacial score (nSPS) is 10.1. The van der Waals surface area contributed by atoms with Crippen molar-refractivity contribution in [3.63, 3.8) is 0 Å². The van der Waals surface area contributed by atoms with Crippen LogP contribution in [0.15, 0.2) is 0 Å². The van der Waals surface area contributed by atoms with E-state index in [0.29, 0.717) is 4.73 Å². The molecule has 0 atom stereocenters. The molecule has 0 aromatic carbocycles. The fourth-order valence-corrected chi connectivity index (χ4v) is 1.71. The van der Waals surface area contributed by atoms with Gasteiger partial charge < -0.3 is 0 Å². The first-order valence-corrected chi connectivity index (χ1v) is 4.16. The minimum absolute atomic E-state index is 0. The molecule has 0 aliphatic rings. The predicted molar refractivity (Wildman–Crippen MR) is 47.7 cm³/mol. The van der Waals surface area contributed by atoms with Gasteiger partial charge in [-0.05, 0) is 0 Å². The summed E-state index contributed by atoms with van der Waals surface area (Å²) < 4.78 is 0.573. The molecule has 0 aromatic heterocycles. The molecule has 4 heteroatoms. The molecular formula is C5H13BrN2Se. The van der Waals surface area contributed by atoms with E-state index in [9.17, 15) is 0 Å². The van der Waals surface area contributed by atoms with Gasteiger partial charge in [0.1, 0.15) is 0 Å². The van der Waals surface area contributed by atoms with Gasteiger partial charge in [-0.25, -0.2) is 0 Å². The molecule has 0 fully saturated rings. The number of amidine groups is 1. The average Bonchev–Trinajstić information content (AvgIpc) is 1.21. The van der Waals surface area contributed by atoms with Crippen molar-refractivity contribution in [1.82, 2.24) is 0 Å². The van der Waals surface area contributed by atoms with Gasteiger partial charge in [-0.15, -0.1) is 17.0 Å². The van der Waals surface area contributed by atoms with Crippen LogP contribution in [0.3, 0.4) is 0 Å². The third-order valence-electron chi connectivity index (χ3n) is 0.416. The van der Waals surface area contributed by atoms with Crippen LogP contribution in [0.25, 0.3) is 0 Å². The number of nitrogens with two attached hydrogens (primary N) is 1. The molecule has 0 aliphatic carbocycles. The summed E-state index contributed by atoms with van der Waals surface area (Å²) in [5.74, 6) is 0. The molecular weight excluding hydrogens is 247 g/mol. The Morgan fingerprint density at radius 1 is 1.44 bits per heavy atom. The Kier molecular flexibility index (Phi) is 5.83. The van der Waals surface area contributed by atoms with E-state index in [1.165, 1.54) is 0 Å². The van der Waals surface area contributed by atoms with Gasteiger partial charge in [0.05, 0.1) is 0 Å². The summed E-state index contributed by atoms with van der Waals surface area (Å²) in [4.78, 5) is 0. The van der Waals surface area contributed by atoms with E-state index in [0.717, 1.165) is 0 Å². The average molecular weight is 260 g/mol. The summed E-state index contributed by atoms with van der Waals surface area (Å²) in [5, 5.41) is 6.96. The Morgan fingerprint density at radius 2 is 1.78 bits per heavy atom. The van der Waals surface area contributed by atoms with Gasteiger partial charge in [0.15, 0.2) is 0 Å². The van der Waals surface area contributed by atoms with E-state index >= 15 is 0 Å². The molecule has 56 valence electrons. The van der Waals surface area contributed by atoms with Crippen LogP contribution in [0.2, 0.25) is 4.31 Å². The van der Waals surface area contributed by atoms with Gasteiger partial charge in [-0.2, -0.15) is 0 Å². The number of rotatable bonds is 1. The van der Waals surface area contributed by atoms with Gasteiger partial charge >= 0.3 is 55.9 Å². The van der Waals surface area contributed by atoms with Crippen molar-refractivity contribution in [3.05, 3.63) is 0 Å². The molecule has 0 bridgehead atoms. The molecule has 0 rings (SSSR count). The van der Waals surface area contributed by atoms with Crippen LogP contribution in [-0.2, 0) is 0 Å². The second kappa shape index (κ2) is 4.31. The molecule has 0 heterocycles. The Bertz CT molecular complexity index is 97.6. The van der Waals surface area contributed by atoms with Gasteiger partial charge in [0.25, 0.3) is 0 Å². The standard InChI is InChI=1S/C5H12N2Se.BrH/c1-5(2,3)8-4(6)7;/h1-3H3,(H3,6,7);1H. The maximum absolute atomic E-state index is 6.96. The van der Waals surface area contributed by atoms with E-state index in [2.05, 4.69) is 20.8 Å². The second-order valence-corrected chi connectivity index (χ2v) is 6.50. The van der Waals surface area contributed by atoms with Crippen LogP contribution in [0.1, 0.15) is 20.8 Å². The molecule has 9 heavy (non-hydrogen) atoms. The van der Waals surface area contributed by atoms with E-state index < -0.39 is 0 Å². The van der Waals surface area contributed by atoms with Gasteiger partial charge in [-0.1, -0.05) is 0 Å².